The van der Waals surface area contributed by atoms with Crippen molar-refractivity contribution < 1.29 is 14.2 Å². The molecule has 140 valence electrons. The van der Waals surface area contributed by atoms with E-state index in [2.05, 4.69) is 45.1 Å². The number of rotatable bonds is 7. The molecule has 3 rings (SSSR count). The van der Waals surface area contributed by atoms with Gasteiger partial charge in [-0.15, -0.1) is 0 Å². The molecule has 2 atom stereocenters. The first-order valence-corrected chi connectivity index (χ1v) is 9.68. The molecule has 2 aliphatic heterocycles. The Morgan fingerprint density at radius 1 is 1.20 bits per heavy atom. The Morgan fingerprint density at radius 2 is 2.00 bits per heavy atom. The van der Waals surface area contributed by atoms with Crippen molar-refractivity contribution in [3.63, 3.8) is 0 Å². The molecule has 1 aromatic rings. The zero-order valence-electron chi connectivity index (χ0n) is 16.1. The Balaban J connectivity index is 1.47. The highest BCUT2D eigenvalue weighted by molar-refractivity contribution is 5.44. The van der Waals surface area contributed by atoms with E-state index in [1.165, 1.54) is 24.8 Å². The molecule has 1 fully saturated rings. The summed E-state index contributed by atoms with van der Waals surface area (Å²) >= 11 is 0. The maximum Gasteiger partial charge on any atom is 0.231 e. The van der Waals surface area contributed by atoms with Crippen LogP contribution in [0.2, 0.25) is 0 Å². The minimum atomic E-state index is 0.0377. The number of benzene rings is 1. The van der Waals surface area contributed by atoms with Gasteiger partial charge in [0.05, 0.1) is 5.60 Å². The molecule has 0 saturated carbocycles. The van der Waals surface area contributed by atoms with Gasteiger partial charge in [-0.05, 0) is 75.1 Å². The molecular weight excluding hydrogens is 314 g/mol. The van der Waals surface area contributed by atoms with Crippen LogP contribution in [-0.2, 0) is 11.3 Å². The van der Waals surface area contributed by atoms with Crippen LogP contribution in [0.1, 0.15) is 52.5 Å². The van der Waals surface area contributed by atoms with Crippen LogP contribution >= 0.6 is 0 Å². The third-order valence-corrected chi connectivity index (χ3v) is 5.62. The average molecular weight is 347 g/mol. The van der Waals surface area contributed by atoms with Gasteiger partial charge in [-0.25, -0.2) is 0 Å². The SMILES string of the molecule is CC(C)C(CCNCc1ccc2c(c1)OCO2)C1CCOC(C)(C)C1. The van der Waals surface area contributed by atoms with E-state index in [-0.39, 0.29) is 5.60 Å². The maximum atomic E-state index is 5.91. The van der Waals surface area contributed by atoms with Crippen LogP contribution in [0.4, 0.5) is 0 Å². The molecule has 0 aromatic heterocycles. The highest BCUT2D eigenvalue weighted by atomic mass is 16.7. The Labute approximate surface area is 152 Å². The summed E-state index contributed by atoms with van der Waals surface area (Å²) in [5.41, 5.74) is 1.29. The van der Waals surface area contributed by atoms with E-state index in [4.69, 9.17) is 14.2 Å². The smallest absolute Gasteiger partial charge is 0.231 e. The first-order chi connectivity index (χ1) is 11.9. The molecule has 0 bridgehead atoms. The minimum Gasteiger partial charge on any atom is -0.454 e. The lowest BCUT2D eigenvalue weighted by Gasteiger charge is -2.40. The summed E-state index contributed by atoms with van der Waals surface area (Å²) in [6.07, 6.45) is 3.61. The first kappa shape index (κ1) is 18.5. The van der Waals surface area contributed by atoms with Crippen molar-refractivity contribution in [1.29, 1.82) is 0 Å². The van der Waals surface area contributed by atoms with Crippen LogP contribution < -0.4 is 14.8 Å². The van der Waals surface area contributed by atoms with Gasteiger partial charge >= 0.3 is 0 Å². The number of ether oxygens (including phenoxy) is 3. The summed E-state index contributed by atoms with van der Waals surface area (Å²) in [4.78, 5) is 0. The predicted octanol–water partition coefficient (Wildman–Crippen LogP) is 4.37. The van der Waals surface area contributed by atoms with Gasteiger partial charge in [0, 0.05) is 13.2 Å². The van der Waals surface area contributed by atoms with Gasteiger partial charge < -0.3 is 19.5 Å². The molecule has 0 amide bonds. The van der Waals surface area contributed by atoms with Crippen LogP contribution in [0.3, 0.4) is 0 Å². The lowest BCUT2D eigenvalue weighted by molar-refractivity contribution is -0.0867. The number of hydrogen-bond acceptors (Lipinski definition) is 4. The fraction of sp³-hybridized carbons (Fsp3) is 0.714. The van der Waals surface area contributed by atoms with E-state index >= 15 is 0 Å². The topological polar surface area (TPSA) is 39.7 Å². The summed E-state index contributed by atoms with van der Waals surface area (Å²) in [6, 6.07) is 6.19. The molecule has 2 heterocycles. The fourth-order valence-corrected chi connectivity index (χ4v) is 4.31. The van der Waals surface area contributed by atoms with Crippen molar-refractivity contribution in [2.24, 2.45) is 17.8 Å². The molecule has 0 aliphatic carbocycles. The average Bonchev–Trinajstić information content (AvgIpc) is 3.01. The molecule has 1 N–H and O–H groups in total. The van der Waals surface area contributed by atoms with Gasteiger partial charge in [0.15, 0.2) is 11.5 Å². The standard InChI is InChI=1S/C21H33NO3/c1-15(2)18(17-8-10-25-21(3,4)12-17)7-9-22-13-16-5-6-19-20(11-16)24-14-23-19/h5-6,11,15,17-18,22H,7-10,12-14H2,1-4H3. The highest BCUT2D eigenvalue weighted by Gasteiger charge is 2.34. The molecule has 4 nitrogen and oxygen atoms in total. The van der Waals surface area contributed by atoms with E-state index in [1.54, 1.807) is 0 Å². The Bertz CT molecular complexity index is 570. The molecule has 2 aliphatic rings. The molecule has 4 heteroatoms. The van der Waals surface area contributed by atoms with Crippen molar-refractivity contribution in [1.82, 2.24) is 5.32 Å². The van der Waals surface area contributed by atoms with Gasteiger partial charge in [0.25, 0.3) is 0 Å². The Kier molecular flexibility index (Phi) is 5.90. The van der Waals surface area contributed by atoms with Gasteiger partial charge in [0.2, 0.25) is 6.79 Å². The molecule has 1 aromatic carbocycles. The van der Waals surface area contributed by atoms with E-state index in [0.29, 0.717) is 12.7 Å². The first-order valence-electron chi connectivity index (χ1n) is 9.68. The number of nitrogens with one attached hydrogen (secondary N) is 1. The maximum absolute atomic E-state index is 5.91. The summed E-state index contributed by atoms with van der Waals surface area (Å²) in [7, 11) is 0. The zero-order chi connectivity index (χ0) is 17.9. The van der Waals surface area contributed by atoms with Crippen LogP contribution in [0.25, 0.3) is 0 Å². The fourth-order valence-electron chi connectivity index (χ4n) is 4.31. The van der Waals surface area contributed by atoms with Crippen molar-refractivity contribution in [2.75, 3.05) is 19.9 Å². The van der Waals surface area contributed by atoms with Gasteiger partial charge in [0.1, 0.15) is 0 Å². The van der Waals surface area contributed by atoms with E-state index in [0.717, 1.165) is 43.0 Å². The monoisotopic (exact) mass is 347 g/mol. The van der Waals surface area contributed by atoms with Crippen LogP contribution in [0, 0.1) is 17.8 Å². The van der Waals surface area contributed by atoms with E-state index in [9.17, 15) is 0 Å². The van der Waals surface area contributed by atoms with Crippen molar-refractivity contribution in [2.45, 2.75) is 59.1 Å². The van der Waals surface area contributed by atoms with Crippen LogP contribution in [0.5, 0.6) is 11.5 Å². The quantitative estimate of drug-likeness (QED) is 0.743. The van der Waals surface area contributed by atoms with Crippen molar-refractivity contribution in [3.8, 4) is 11.5 Å². The molecule has 0 spiro atoms. The lowest BCUT2D eigenvalue weighted by Crippen LogP contribution is -2.38. The molecule has 1 saturated heterocycles. The normalized spacial score (nSPS) is 23.0. The zero-order valence-corrected chi connectivity index (χ0v) is 16.1. The van der Waals surface area contributed by atoms with Gasteiger partial charge in [-0.3, -0.25) is 0 Å². The van der Waals surface area contributed by atoms with E-state index in [1.807, 2.05) is 6.07 Å². The van der Waals surface area contributed by atoms with Crippen molar-refractivity contribution in [3.05, 3.63) is 23.8 Å². The molecule has 25 heavy (non-hydrogen) atoms. The molecule has 2 unspecified atom stereocenters. The molecule has 0 radical (unpaired) electrons. The van der Waals surface area contributed by atoms with Crippen LogP contribution in [-0.4, -0.2) is 25.5 Å². The predicted molar refractivity (Wildman–Crippen MR) is 100.0 cm³/mol. The van der Waals surface area contributed by atoms with Gasteiger partial charge in [-0.2, -0.15) is 0 Å². The highest BCUT2D eigenvalue weighted by Crippen LogP contribution is 2.38. The van der Waals surface area contributed by atoms with Gasteiger partial charge in [-0.1, -0.05) is 19.9 Å². The lowest BCUT2D eigenvalue weighted by atomic mass is 9.73. The second-order valence-electron chi connectivity index (χ2n) is 8.42. The second kappa shape index (κ2) is 7.96. The summed E-state index contributed by atoms with van der Waals surface area (Å²) < 4.78 is 16.7. The number of fused-ring (bicyclic) bond motifs is 1. The Hall–Kier alpha value is -1.26. The largest absolute Gasteiger partial charge is 0.454 e. The van der Waals surface area contributed by atoms with E-state index < -0.39 is 0 Å². The van der Waals surface area contributed by atoms with Crippen molar-refractivity contribution >= 4 is 0 Å². The van der Waals surface area contributed by atoms with Crippen LogP contribution in [0.15, 0.2) is 18.2 Å². The summed E-state index contributed by atoms with van der Waals surface area (Å²) in [6.45, 7) is 12.4. The number of hydrogen-bond donors (Lipinski definition) is 1. The minimum absolute atomic E-state index is 0.0377. The third-order valence-electron chi connectivity index (χ3n) is 5.62. The second-order valence-corrected chi connectivity index (χ2v) is 8.42. The third kappa shape index (κ3) is 4.89. The summed E-state index contributed by atoms with van der Waals surface area (Å²) in [5.74, 6) is 3.96. The summed E-state index contributed by atoms with van der Waals surface area (Å²) in [5, 5.41) is 3.61. The Morgan fingerprint density at radius 3 is 2.76 bits per heavy atom. The molecular formula is C21H33NO3.